The van der Waals surface area contributed by atoms with Crippen molar-refractivity contribution < 1.29 is 4.74 Å². The summed E-state index contributed by atoms with van der Waals surface area (Å²) in [5, 5.41) is 4.64. The molecule has 0 aliphatic heterocycles. The number of hydrogen-bond acceptors (Lipinski definition) is 1. The maximum atomic E-state index is 6.06. The van der Waals surface area contributed by atoms with Crippen molar-refractivity contribution in [1.29, 1.82) is 0 Å². The summed E-state index contributed by atoms with van der Waals surface area (Å²) >= 11 is 0. The van der Waals surface area contributed by atoms with Crippen molar-refractivity contribution >= 4 is 26.5 Å². The van der Waals surface area contributed by atoms with Crippen molar-refractivity contribution in [2.75, 3.05) is 7.11 Å². The van der Waals surface area contributed by atoms with Gasteiger partial charge in [-0.1, -0.05) is 73.7 Å². The van der Waals surface area contributed by atoms with E-state index in [0.29, 0.717) is 5.92 Å². The molecule has 0 fully saturated rings. The van der Waals surface area contributed by atoms with E-state index >= 15 is 0 Å². The van der Waals surface area contributed by atoms with Crippen molar-refractivity contribution in [3.63, 3.8) is 0 Å². The summed E-state index contributed by atoms with van der Waals surface area (Å²) in [6, 6.07) is 4.78. The first kappa shape index (κ1) is 20.2. The van der Waals surface area contributed by atoms with Crippen LogP contribution in [0.5, 0.6) is 5.75 Å². The lowest BCUT2D eigenvalue weighted by atomic mass is 10.1. The van der Waals surface area contributed by atoms with Crippen LogP contribution >= 0.6 is 0 Å². The second-order valence-corrected chi connectivity index (χ2v) is 18.7. The van der Waals surface area contributed by atoms with Crippen LogP contribution in [0.4, 0.5) is 0 Å². The van der Waals surface area contributed by atoms with Crippen LogP contribution in [0.3, 0.4) is 0 Å². The van der Waals surface area contributed by atoms with Crippen LogP contribution in [-0.4, -0.2) is 23.3 Å². The second-order valence-electron chi connectivity index (χ2n) is 9.34. The monoisotopic (exact) mass is 372 g/mol. The van der Waals surface area contributed by atoms with Gasteiger partial charge in [0.25, 0.3) is 0 Å². The van der Waals surface area contributed by atoms with E-state index in [1.807, 2.05) is 7.11 Å². The van der Waals surface area contributed by atoms with Crippen LogP contribution in [0.25, 0.3) is 0 Å². The van der Waals surface area contributed by atoms with Gasteiger partial charge in [-0.25, -0.2) is 0 Å². The fourth-order valence-corrected chi connectivity index (χ4v) is 10.3. The van der Waals surface area contributed by atoms with Gasteiger partial charge in [0, 0.05) is 0 Å². The molecule has 1 aliphatic carbocycles. The number of benzene rings is 1. The standard InChI is InChI=1S/C22H36OSi2/c1-14-12-19(24(7,8)9)21(23-6)20(13-14)25(10,11)22-17(4)15(2)16(3)18(22)5/h12-13,17H,1-11H3. The van der Waals surface area contributed by atoms with Crippen LogP contribution in [0.2, 0.25) is 32.7 Å². The average molecular weight is 373 g/mol. The Bertz CT molecular complexity index is 761. The Hall–Kier alpha value is -1.07. The van der Waals surface area contributed by atoms with Gasteiger partial charge in [0.2, 0.25) is 0 Å². The smallest absolute Gasteiger partial charge is 0.117 e. The molecule has 1 aromatic rings. The molecule has 0 N–H and O–H groups in total. The second kappa shape index (κ2) is 6.58. The Balaban J connectivity index is 2.76. The highest BCUT2D eigenvalue weighted by atomic mass is 28.3. The normalized spacial score (nSPS) is 19.1. The zero-order valence-corrected chi connectivity index (χ0v) is 20.1. The fraction of sp³-hybridized carbons (Fsp3) is 0.545. The van der Waals surface area contributed by atoms with E-state index in [2.05, 4.69) is 79.5 Å². The maximum Gasteiger partial charge on any atom is 0.117 e. The van der Waals surface area contributed by atoms with Gasteiger partial charge >= 0.3 is 0 Å². The number of rotatable bonds is 4. The van der Waals surface area contributed by atoms with E-state index in [1.165, 1.54) is 32.8 Å². The number of hydrogen-bond donors (Lipinski definition) is 0. The number of methoxy groups -OCH3 is 1. The van der Waals surface area contributed by atoms with Crippen LogP contribution in [0, 0.1) is 12.8 Å². The molecular weight excluding hydrogens is 336 g/mol. The summed E-state index contributed by atoms with van der Waals surface area (Å²) in [7, 11) is -1.44. The highest BCUT2D eigenvalue weighted by molar-refractivity contribution is 6.97. The van der Waals surface area contributed by atoms with Crippen molar-refractivity contribution in [2.24, 2.45) is 5.92 Å². The van der Waals surface area contributed by atoms with Crippen LogP contribution in [0.1, 0.15) is 33.3 Å². The SMILES string of the molecule is COc1c([Si](C)(C)C)cc(C)cc1[Si](C)(C)C1=C(C)C(C)=C(C)C1C. The molecule has 25 heavy (non-hydrogen) atoms. The third kappa shape index (κ3) is 3.33. The van der Waals surface area contributed by atoms with Gasteiger partial charge in [0.15, 0.2) is 0 Å². The molecule has 1 unspecified atom stereocenters. The summed E-state index contributed by atoms with van der Waals surface area (Å²) < 4.78 is 6.06. The molecule has 0 amide bonds. The van der Waals surface area contributed by atoms with E-state index in [4.69, 9.17) is 4.74 Å². The van der Waals surface area contributed by atoms with Gasteiger partial charge in [-0.2, -0.15) is 0 Å². The molecule has 2 rings (SSSR count). The summed E-state index contributed by atoms with van der Waals surface area (Å²) in [6.07, 6.45) is 0. The molecule has 0 heterocycles. The molecule has 0 bridgehead atoms. The minimum atomic E-state index is -1.83. The average Bonchev–Trinajstić information content (AvgIpc) is 2.69. The van der Waals surface area contributed by atoms with Crippen LogP contribution in [0.15, 0.2) is 34.0 Å². The zero-order chi connectivity index (χ0) is 19.3. The van der Waals surface area contributed by atoms with Crippen LogP contribution < -0.4 is 15.1 Å². The molecule has 0 radical (unpaired) electrons. The fourth-order valence-electron chi connectivity index (χ4n) is 4.53. The molecule has 3 heteroatoms. The predicted octanol–water partition coefficient (Wildman–Crippen LogP) is 5.31. The van der Waals surface area contributed by atoms with Crippen molar-refractivity contribution in [3.05, 3.63) is 39.6 Å². The molecule has 0 saturated carbocycles. The lowest BCUT2D eigenvalue weighted by Crippen LogP contribution is -2.50. The Morgan fingerprint density at radius 1 is 0.840 bits per heavy atom. The summed E-state index contributed by atoms with van der Waals surface area (Å²) in [4.78, 5) is 0. The number of allylic oxidation sites excluding steroid dienone is 4. The van der Waals surface area contributed by atoms with Gasteiger partial charge in [-0.3, -0.25) is 0 Å². The summed E-state index contributed by atoms with van der Waals surface area (Å²) in [6.45, 7) is 23.8. The highest BCUT2D eigenvalue weighted by Crippen LogP contribution is 2.41. The van der Waals surface area contributed by atoms with Crippen molar-refractivity contribution in [3.8, 4) is 5.75 Å². The summed E-state index contributed by atoms with van der Waals surface area (Å²) in [5.41, 5.74) is 5.95. The maximum absolute atomic E-state index is 6.06. The Kier molecular flexibility index (Phi) is 5.33. The topological polar surface area (TPSA) is 9.23 Å². The molecule has 0 aromatic heterocycles. The molecule has 1 aromatic carbocycles. The Labute approximate surface area is 157 Å². The van der Waals surface area contributed by atoms with Gasteiger partial charge in [0.1, 0.15) is 13.8 Å². The van der Waals surface area contributed by atoms with E-state index in [-0.39, 0.29) is 0 Å². The molecule has 138 valence electrons. The molecule has 1 aliphatic rings. The first-order valence-electron chi connectivity index (χ1n) is 9.42. The molecule has 1 nitrogen and oxygen atoms in total. The van der Waals surface area contributed by atoms with Crippen molar-refractivity contribution in [2.45, 2.75) is 67.4 Å². The lowest BCUT2D eigenvalue weighted by molar-refractivity contribution is 0.421. The van der Waals surface area contributed by atoms with Gasteiger partial charge in [0.05, 0.1) is 15.2 Å². The number of aryl methyl sites for hydroxylation is 1. The van der Waals surface area contributed by atoms with Gasteiger partial charge in [-0.05, 0) is 49.6 Å². The zero-order valence-electron chi connectivity index (χ0n) is 18.1. The third-order valence-electron chi connectivity index (χ3n) is 6.23. The molecule has 0 spiro atoms. The minimum absolute atomic E-state index is 0.558. The van der Waals surface area contributed by atoms with Crippen LogP contribution in [-0.2, 0) is 0 Å². The Morgan fingerprint density at radius 2 is 1.36 bits per heavy atom. The number of ether oxygens (including phenoxy) is 1. The quantitative estimate of drug-likeness (QED) is 0.651. The molecule has 1 atom stereocenters. The predicted molar refractivity (Wildman–Crippen MR) is 118 cm³/mol. The highest BCUT2D eigenvalue weighted by Gasteiger charge is 2.40. The minimum Gasteiger partial charge on any atom is -0.497 e. The first-order chi connectivity index (χ1) is 11.3. The molecular formula is C22H36OSi2. The first-order valence-corrected chi connectivity index (χ1v) is 15.9. The van der Waals surface area contributed by atoms with E-state index in [9.17, 15) is 0 Å². The molecule has 0 saturated heterocycles. The lowest BCUT2D eigenvalue weighted by Gasteiger charge is -2.34. The van der Waals surface area contributed by atoms with Gasteiger partial charge in [-0.15, -0.1) is 0 Å². The summed E-state index contributed by atoms with van der Waals surface area (Å²) in [5.74, 6) is 1.73. The van der Waals surface area contributed by atoms with E-state index in [0.717, 1.165) is 0 Å². The van der Waals surface area contributed by atoms with E-state index < -0.39 is 16.1 Å². The largest absolute Gasteiger partial charge is 0.497 e. The Morgan fingerprint density at radius 3 is 1.76 bits per heavy atom. The van der Waals surface area contributed by atoms with E-state index in [1.54, 1.807) is 10.8 Å². The third-order valence-corrected chi connectivity index (χ3v) is 12.1. The van der Waals surface area contributed by atoms with Gasteiger partial charge < -0.3 is 4.74 Å². The van der Waals surface area contributed by atoms with Crippen molar-refractivity contribution in [1.82, 2.24) is 0 Å².